The Kier molecular flexibility index (Phi) is 3.16. The molecule has 112 valence electrons. The lowest BCUT2D eigenvalue weighted by Gasteiger charge is -2.32. The fourth-order valence-electron chi connectivity index (χ4n) is 5.16. The van der Waals surface area contributed by atoms with Gasteiger partial charge >= 0.3 is 0 Å². The van der Waals surface area contributed by atoms with Crippen molar-refractivity contribution in [2.45, 2.75) is 38.2 Å². The Morgan fingerprint density at radius 1 is 1.10 bits per heavy atom. The van der Waals surface area contributed by atoms with E-state index in [2.05, 4.69) is 0 Å². The highest BCUT2D eigenvalue weighted by Gasteiger charge is 2.54. The van der Waals surface area contributed by atoms with Gasteiger partial charge in [-0.3, -0.25) is 4.79 Å². The molecule has 0 aromatic heterocycles. The molecule has 0 spiro atoms. The average molecular weight is 286 g/mol. The molecule has 0 heterocycles. The van der Waals surface area contributed by atoms with Crippen LogP contribution in [0, 0.1) is 23.7 Å². The number of ether oxygens (including phenoxy) is 2. The predicted molar refractivity (Wildman–Crippen MR) is 79.8 cm³/mol. The quantitative estimate of drug-likeness (QED) is 0.791. The second kappa shape index (κ2) is 5.04. The maximum atomic E-state index is 11.0. The van der Waals surface area contributed by atoms with Crippen LogP contribution in [0.15, 0.2) is 18.2 Å². The second-order valence-electron chi connectivity index (χ2n) is 6.84. The molecule has 3 aliphatic rings. The molecule has 0 amide bonds. The van der Waals surface area contributed by atoms with Crippen LogP contribution in [0.25, 0.3) is 0 Å². The summed E-state index contributed by atoms with van der Waals surface area (Å²) in [6.45, 7) is 0. The van der Waals surface area contributed by atoms with Gasteiger partial charge in [-0.2, -0.15) is 0 Å². The van der Waals surface area contributed by atoms with Gasteiger partial charge in [-0.1, -0.05) is 6.42 Å². The maximum Gasteiger partial charge on any atom is 0.162 e. The smallest absolute Gasteiger partial charge is 0.162 e. The fourth-order valence-corrected chi connectivity index (χ4v) is 5.16. The van der Waals surface area contributed by atoms with Crippen molar-refractivity contribution >= 4 is 6.29 Å². The minimum atomic E-state index is 0.310. The Hall–Kier alpha value is -1.51. The molecule has 2 bridgehead atoms. The summed E-state index contributed by atoms with van der Waals surface area (Å²) in [5.41, 5.74) is 0.646. The summed E-state index contributed by atoms with van der Waals surface area (Å²) in [6.07, 6.45) is 7.92. The van der Waals surface area contributed by atoms with E-state index in [1.165, 1.54) is 32.1 Å². The lowest BCUT2D eigenvalue weighted by molar-refractivity contribution is 0.0814. The summed E-state index contributed by atoms with van der Waals surface area (Å²) in [7, 11) is 1.65. The van der Waals surface area contributed by atoms with E-state index >= 15 is 0 Å². The number of fused-ring (bicyclic) bond motifs is 5. The zero-order chi connectivity index (χ0) is 14.4. The SMILES string of the molecule is COc1ccc(C=O)cc1OC1CC2CC1C1CCCC21. The minimum absolute atomic E-state index is 0.310. The monoisotopic (exact) mass is 286 g/mol. The summed E-state index contributed by atoms with van der Waals surface area (Å²) in [5, 5.41) is 0. The molecule has 3 fully saturated rings. The summed E-state index contributed by atoms with van der Waals surface area (Å²) in [6, 6.07) is 5.40. The lowest BCUT2D eigenvalue weighted by Crippen LogP contribution is -2.32. The first-order valence-corrected chi connectivity index (χ1v) is 8.10. The highest BCUT2D eigenvalue weighted by atomic mass is 16.5. The van der Waals surface area contributed by atoms with Crippen molar-refractivity contribution < 1.29 is 14.3 Å². The third kappa shape index (κ3) is 2.05. The van der Waals surface area contributed by atoms with Gasteiger partial charge in [0.15, 0.2) is 11.5 Å². The van der Waals surface area contributed by atoms with Crippen molar-refractivity contribution in [2.24, 2.45) is 23.7 Å². The van der Waals surface area contributed by atoms with Crippen molar-refractivity contribution in [2.75, 3.05) is 7.11 Å². The molecule has 4 rings (SSSR count). The molecule has 3 nitrogen and oxygen atoms in total. The average Bonchev–Trinajstić information content (AvgIpc) is 3.19. The third-order valence-electron chi connectivity index (χ3n) is 5.97. The fraction of sp³-hybridized carbons (Fsp3) is 0.611. The van der Waals surface area contributed by atoms with Crippen molar-refractivity contribution in [1.82, 2.24) is 0 Å². The van der Waals surface area contributed by atoms with Crippen LogP contribution in [-0.2, 0) is 0 Å². The van der Waals surface area contributed by atoms with Gasteiger partial charge in [0.2, 0.25) is 0 Å². The van der Waals surface area contributed by atoms with Crippen molar-refractivity contribution in [3.63, 3.8) is 0 Å². The molecule has 5 atom stereocenters. The van der Waals surface area contributed by atoms with Gasteiger partial charge in [0.1, 0.15) is 12.4 Å². The van der Waals surface area contributed by atoms with E-state index in [1.807, 2.05) is 12.1 Å². The summed E-state index contributed by atoms with van der Waals surface area (Å²) in [5.74, 6) is 4.90. The molecule has 0 saturated heterocycles. The standard InChI is InChI=1S/C18H22O3/c1-20-16-6-5-11(10-19)7-18(16)21-17-9-12-8-15(17)14-4-2-3-13(12)14/h5-7,10,12-15,17H,2-4,8-9H2,1H3. The molecule has 3 aliphatic carbocycles. The molecule has 1 aromatic rings. The van der Waals surface area contributed by atoms with Crippen LogP contribution in [-0.4, -0.2) is 19.5 Å². The third-order valence-corrected chi connectivity index (χ3v) is 5.97. The number of aldehydes is 1. The zero-order valence-corrected chi connectivity index (χ0v) is 12.5. The largest absolute Gasteiger partial charge is 0.493 e. The van der Waals surface area contributed by atoms with Crippen molar-refractivity contribution in [1.29, 1.82) is 0 Å². The van der Waals surface area contributed by atoms with Gasteiger partial charge in [0.25, 0.3) is 0 Å². The van der Waals surface area contributed by atoms with E-state index in [4.69, 9.17) is 9.47 Å². The van der Waals surface area contributed by atoms with Crippen molar-refractivity contribution in [3.8, 4) is 11.5 Å². The lowest BCUT2D eigenvalue weighted by atomic mass is 9.80. The van der Waals surface area contributed by atoms with E-state index in [0.717, 1.165) is 35.5 Å². The van der Waals surface area contributed by atoms with Crippen LogP contribution < -0.4 is 9.47 Å². The summed E-state index contributed by atoms with van der Waals surface area (Å²) in [4.78, 5) is 11.0. The second-order valence-corrected chi connectivity index (χ2v) is 6.84. The van der Waals surface area contributed by atoms with E-state index in [-0.39, 0.29) is 0 Å². The first kappa shape index (κ1) is 13.2. The molecule has 0 radical (unpaired) electrons. The molecule has 0 aliphatic heterocycles. The summed E-state index contributed by atoms with van der Waals surface area (Å²) >= 11 is 0. The van der Waals surface area contributed by atoms with E-state index in [9.17, 15) is 4.79 Å². The Morgan fingerprint density at radius 2 is 1.95 bits per heavy atom. The van der Waals surface area contributed by atoms with Gasteiger partial charge in [0, 0.05) is 5.56 Å². The van der Waals surface area contributed by atoms with Gasteiger partial charge in [0.05, 0.1) is 7.11 Å². The molecular formula is C18H22O3. The van der Waals surface area contributed by atoms with E-state index < -0.39 is 0 Å². The van der Waals surface area contributed by atoms with Gasteiger partial charge in [-0.15, -0.1) is 0 Å². The van der Waals surface area contributed by atoms with Crippen LogP contribution in [0.5, 0.6) is 11.5 Å². The zero-order valence-electron chi connectivity index (χ0n) is 12.5. The van der Waals surface area contributed by atoms with Crippen LogP contribution in [0.4, 0.5) is 0 Å². The Balaban J connectivity index is 1.56. The number of rotatable bonds is 4. The number of hydrogen-bond acceptors (Lipinski definition) is 3. The van der Waals surface area contributed by atoms with Gasteiger partial charge in [-0.05, 0) is 67.6 Å². The van der Waals surface area contributed by atoms with E-state index in [1.54, 1.807) is 13.2 Å². The molecule has 1 aromatic carbocycles. The number of carbonyl (C=O) groups excluding carboxylic acids is 1. The predicted octanol–water partition coefficient (Wildman–Crippen LogP) is 3.71. The number of benzene rings is 1. The van der Waals surface area contributed by atoms with Crippen LogP contribution in [0.3, 0.4) is 0 Å². The van der Waals surface area contributed by atoms with E-state index in [0.29, 0.717) is 17.6 Å². The van der Waals surface area contributed by atoms with Gasteiger partial charge in [-0.25, -0.2) is 0 Å². The Bertz CT molecular complexity index is 553. The number of methoxy groups -OCH3 is 1. The van der Waals surface area contributed by atoms with Crippen LogP contribution in [0.1, 0.15) is 42.5 Å². The molecule has 3 saturated carbocycles. The number of hydrogen-bond donors (Lipinski definition) is 0. The topological polar surface area (TPSA) is 35.5 Å². The minimum Gasteiger partial charge on any atom is -0.493 e. The van der Waals surface area contributed by atoms with Crippen LogP contribution in [0.2, 0.25) is 0 Å². The molecule has 3 heteroatoms. The highest BCUT2D eigenvalue weighted by Crippen LogP contribution is 2.59. The highest BCUT2D eigenvalue weighted by molar-refractivity contribution is 5.76. The first-order chi connectivity index (χ1) is 10.3. The first-order valence-electron chi connectivity index (χ1n) is 8.10. The summed E-state index contributed by atoms with van der Waals surface area (Å²) < 4.78 is 11.7. The Labute approximate surface area is 125 Å². The molecule has 21 heavy (non-hydrogen) atoms. The number of carbonyl (C=O) groups is 1. The normalized spacial score (nSPS) is 36.5. The molecule has 5 unspecified atom stereocenters. The maximum absolute atomic E-state index is 11.0. The molecule has 0 N–H and O–H groups in total. The van der Waals surface area contributed by atoms with Crippen molar-refractivity contribution in [3.05, 3.63) is 23.8 Å². The molecular weight excluding hydrogens is 264 g/mol. The van der Waals surface area contributed by atoms with Gasteiger partial charge < -0.3 is 9.47 Å². The van der Waals surface area contributed by atoms with Crippen LogP contribution >= 0.6 is 0 Å². The Morgan fingerprint density at radius 3 is 2.76 bits per heavy atom.